The Labute approximate surface area is 61.3 Å². The third kappa shape index (κ3) is 15.7. The maximum absolute atomic E-state index is 9.94. The van der Waals surface area contributed by atoms with Crippen molar-refractivity contribution in [2.75, 3.05) is 13.2 Å². The first kappa shape index (κ1) is 11.9. The molecule has 0 aromatic heterocycles. The summed E-state index contributed by atoms with van der Waals surface area (Å²) in [5, 5.41) is 7.99. The van der Waals surface area contributed by atoms with Crippen molar-refractivity contribution in [3.63, 3.8) is 0 Å². The van der Waals surface area contributed by atoms with Crippen molar-refractivity contribution in [3.05, 3.63) is 12.7 Å². The number of hydrogen-bond acceptors (Lipinski definition) is 3. The minimum atomic E-state index is -0.567. The highest BCUT2D eigenvalue weighted by Gasteiger charge is 1.92. The van der Waals surface area contributed by atoms with E-state index in [4.69, 9.17) is 5.11 Å². The highest BCUT2D eigenvalue weighted by Crippen LogP contribution is 1.71. The zero-order valence-corrected chi connectivity index (χ0v) is 6.46. The summed E-state index contributed by atoms with van der Waals surface area (Å²) in [6.07, 6.45) is 1.75. The zero-order chi connectivity index (χ0) is 8.41. The maximum Gasteiger partial charge on any atom is 0.331 e. The lowest BCUT2D eigenvalue weighted by Crippen LogP contribution is -2.07. The molecule has 0 aromatic rings. The quantitative estimate of drug-likeness (QED) is 0.461. The summed E-state index contributed by atoms with van der Waals surface area (Å²) in [7, 11) is 0. The van der Waals surface area contributed by atoms with Gasteiger partial charge in [0.1, 0.15) is 6.61 Å². The van der Waals surface area contributed by atoms with E-state index < -0.39 is 12.6 Å². The lowest BCUT2D eigenvalue weighted by atomic mass is 10.7. The molecule has 0 aliphatic heterocycles. The minimum Gasteiger partial charge on any atom is -0.464 e. The molecule has 0 aliphatic rings. The fourth-order valence-corrected chi connectivity index (χ4v) is 0.207. The van der Waals surface area contributed by atoms with Gasteiger partial charge in [-0.2, -0.15) is 0 Å². The predicted molar refractivity (Wildman–Crippen MR) is 39.6 cm³/mol. The van der Waals surface area contributed by atoms with Crippen molar-refractivity contribution >= 4 is 5.97 Å². The van der Waals surface area contributed by atoms with Gasteiger partial charge in [0.15, 0.2) is 0 Å². The smallest absolute Gasteiger partial charge is 0.331 e. The summed E-state index contributed by atoms with van der Waals surface area (Å²) >= 11 is 0. The van der Waals surface area contributed by atoms with Gasteiger partial charge in [-0.25, -0.2) is 4.79 Å². The Kier molecular flexibility index (Phi) is 13.1. The monoisotopic (exact) mass is 146 g/mol. The lowest BCUT2D eigenvalue weighted by Gasteiger charge is -1.93. The van der Waals surface area contributed by atoms with Crippen LogP contribution in [0.4, 0.5) is 0 Å². The molecule has 0 saturated carbocycles. The Bertz CT molecular complexity index is 88.9. The Morgan fingerprint density at radius 3 is 2.30 bits per heavy atom. The topological polar surface area (TPSA) is 46.5 Å². The van der Waals surface area contributed by atoms with E-state index in [0.717, 1.165) is 0 Å². The van der Waals surface area contributed by atoms with Crippen LogP contribution in [0.2, 0.25) is 0 Å². The van der Waals surface area contributed by atoms with Crippen LogP contribution in [0.15, 0.2) is 12.7 Å². The Hall–Kier alpha value is -0.830. The molecule has 10 heavy (non-hydrogen) atoms. The van der Waals surface area contributed by atoms with Crippen molar-refractivity contribution in [1.82, 2.24) is 0 Å². The number of esters is 1. The van der Waals surface area contributed by atoms with Gasteiger partial charge in [0, 0.05) is 0 Å². The first-order chi connectivity index (χ1) is 4.72. The van der Waals surface area contributed by atoms with E-state index >= 15 is 0 Å². The van der Waals surface area contributed by atoms with Gasteiger partial charge in [-0.3, -0.25) is 0 Å². The first-order valence-corrected chi connectivity index (χ1v) is 3.06. The summed E-state index contributed by atoms with van der Waals surface area (Å²) in [5.41, 5.74) is 0. The molecule has 0 aromatic carbocycles. The molecule has 0 unspecified atom stereocenters. The lowest BCUT2D eigenvalue weighted by molar-refractivity contribution is -0.146. The molecule has 0 radical (unpaired) electrons. The van der Waals surface area contributed by atoms with Gasteiger partial charge in [0.05, 0.1) is 6.61 Å². The molecule has 3 nitrogen and oxygen atoms in total. The Morgan fingerprint density at radius 1 is 1.80 bits per heavy atom. The number of carbonyl (C=O) groups excluding carboxylic acids is 1. The van der Waals surface area contributed by atoms with E-state index in [1.807, 2.05) is 6.92 Å². The van der Waals surface area contributed by atoms with Gasteiger partial charge in [0.2, 0.25) is 0 Å². The van der Waals surface area contributed by atoms with Crippen LogP contribution >= 0.6 is 0 Å². The van der Waals surface area contributed by atoms with Crippen LogP contribution in [0.3, 0.4) is 0 Å². The molecule has 0 rings (SSSR count). The molecule has 0 heterocycles. The average Bonchev–Trinajstić information content (AvgIpc) is 1.90. The van der Waals surface area contributed by atoms with E-state index in [9.17, 15) is 4.79 Å². The van der Waals surface area contributed by atoms with Crippen LogP contribution in [0.25, 0.3) is 0 Å². The molecule has 0 fully saturated rings. The first-order valence-electron chi connectivity index (χ1n) is 3.06. The van der Waals surface area contributed by atoms with E-state index in [0.29, 0.717) is 6.61 Å². The minimum absolute atomic E-state index is 0.333. The largest absolute Gasteiger partial charge is 0.464 e. The standard InChI is InChI=1S/C4H8O3.C3H6/c1-2-7-4(6)3-5;1-3-2/h5H,2-3H2,1H3;3H,1H2,2H3. The van der Waals surface area contributed by atoms with Crippen LogP contribution in [0.5, 0.6) is 0 Å². The molecule has 0 spiro atoms. The molecular weight excluding hydrogens is 132 g/mol. The summed E-state index contributed by atoms with van der Waals surface area (Å²) < 4.78 is 4.30. The molecular formula is C7H14O3. The number of aliphatic hydroxyl groups excluding tert-OH is 1. The normalized spacial score (nSPS) is 7.10. The van der Waals surface area contributed by atoms with Crippen LogP contribution in [-0.2, 0) is 9.53 Å². The molecule has 1 N–H and O–H groups in total. The molecule has 0 bridgehead atoms. The molecule has 60 valence electrons. The summed E-state index contributed by atoms with van der Waals surface area (Å²) in [5.74, 6) is -0.567. The van der Waals surface area contributed by atoms with Gasteiger partial charge in [0.25, 0.3) is 0 Å². The fraction of sp³-hybridized carbons (Fsp3) is 0.571. The van der Waals surface area contributed by atoms with Crippen molar-refractivity contribution in [1.29, 1.82) is 0 Å². The molecule has 0 aliphatic carbocycles. The number of rotatable bonds is 2. The predicted octanol–water partition coefficient (Wildman–Crippen LogP) is 0.734. The van der Waals surface area contributed by atoms with E-state index in [2.05, 4.69) is 11.3 Å². The second kappa shape index (κ2) is 11.0. The van der Waals surface area contributed by atoms with Crippen LogP contribution in [0, 0.1) is 0 Å². The zero-order valence-electron chi connectivity index (χ0n) is 6.46. The highest BCUT2D eigenvalue weighted by molar-refractivity contribution is 5.70. The van der Waals surface area contributed by atoms with Gasteiger partial charge >= 0.3 is 5.97 Å². The second-order valence-electron chi connectivity index (χ2n) is 1.37. The van der Waals surface area contributed by atoms with Crippen LogP contribution in [0.1, 0.15) is 13.8 Å². The maximum atomic E-state index is 9.94. The van der Waals surface area contributed by atoms with E-state index in [1.54, 1.807) is 13.0 Å². The van der Waals surface area contributed by atoms with Crippen molar-refractivity contribution < 1.29 is 14.6 Å². The second-order valence-corrected chi connectivity index (χ2v) is 1.37. The Balaban J connectivity index is 0. The number of ether oxygens (including phenoxy) is 1. The average molecular weight is 146 g/mol. The SMILES string of the molecule is C=CC.CCOC(=O)CO. The van der Waals surface area contributed by atoms with Crippen molar-refractivity contribution in [3.8, 4) is 0 Å². The van der Waals surface area contributed by atoms with Crippen molar-refractivity contribution in [2.24, 2.45) is 0 Å². The number of hydrogen-bond donors (Lipinski definition) is 1. The Morgan fingerprint density at radius 2 is 2.20 bits per heavy atom. The van der Waals surface area contributed by atoms with Gasteiger partial charge in [-0.05, 0) is 13.8 Å². The number of aliphatic hydroxyl groups is 1. The summed E-state index contributed by atoms with van der Waals surface area (Å²) in [6.45, 7) is 6.75. The number of allylic oxidation sites excluding steroid dienone is 1. The van der Waals surface area contributed by atoms with Crippen LogP contribution < -0.4 is 0 Å². The molecule has 3 heteroatoms. The van der Waals surface area contributed by atoms with Gasteiger partial charge in [-0.1, -0.05) is 6.08 Å². The van der Waals surface area contributed by atoms with E-state index in [-0.39, 0.29) is 0 Å². The van der Waals surface area contributed by atoms with Gasteiger partial charge < -0.3 is 9.84 Å². The van der Waals surface area contributed by atoms with Gasteiger partial charge in [-0.15, -0.1) is 6.58 Å². The molecule has 0 atom stereocenters. The summed E-state index contributed by atoms with van der Waals surface area (Å²) in [6, 6.07) is 0. The molecule has 0 amide bonds. The molecule has 0 saturated heterocycles. The third-order valence-electron chi connectivity index (χ3n) is 0.434. The third-order valence-corrected chi connectivity index (χ3v) is 0.434. The fourth-order valence-electron chi connectivity index (χ4n) is 0.207. The van der Waals surface area contributed by atoms with Crippen molar-refractivity contribution in [2.45, 2.75) is 13.8 Å². The highest BCUT2D eigenvalue weighted by atomic mass is 16.5. The summed E-state index contributed by atoms with van der Waals surface area (Å²) in [4.78, 5) is 9.94. The number of carbonyl (C=O) groups is 1. The van der Waals surface area contributed by atoms with Crippen LogP contribution in [-0.4, -0.2) is 24.3 Å². The van der Waals surface area contributed by atoms with E-state index in [1.165, 1.54) is 0 Å².